The van der Waals surface area contributed by atoms with E-state index in [9.17, 15) is 4.79 Å². The van der Waals surface area contributed by atoms with Crippen LogP contribution >= 0.6 is 34.8 Å². The summed E-state index contributed by atoms with van der Waals surface area (Å²) < 4.78 is 0. The van der Waals surface area contributed by atoms with Crippen LogP contribution in [0, 0.1) is 5.92 Å². The van der Waals surface area contributed by atoms with E-state index >= 15 is 0 Å². The van der Waals surface area contributed by atoms with Crippen LogP contribution < -0.4 is 0 Å². The minimum absolute atomic E-state index is 0.0477. The van der Waals surface area contributed by atoms with Crippen LogP contribution in [0.15, 0.2) is 47.6 Å². The number of amides is 1. The lowest BCUT2D eigenvalue weighted by atomic mass is 10.0. The summed E-state index contributed by atoms with van der Waals surface area (Å²) in [6.07, 6.45) is 0.358. The summed E-state index contributed by atoms with van der Waals surface area (Å²) in [4.78, 5) is 20.1. The molecule has 0 fully saturated rings. The fourth-order valence-electron chi connectivity index (χ4n) is 3.05. The molecule has 0 bridgehead atoms. The predicted octanol–water partition coefficient (Wildman–Crippen LogP) is 5.82. The first kappa shape index (κ1) is 21.0. The van der Waals surface area contributed by atoms with Crippen molar-refractivity contribution in [2.45, 2.75) is 32.9 Å². The van der Waals surface area contributed by atoms with Crippen molar-refractivity contribution in [3.63, 3.8) is 0 Å². The molecular formula is C21H21Cl3N2O2. The van der Waals surface area contributed by atoms with Gasteiger partial charge >= 0.3 is 0 Å². The standard InChI is InChI=1S/C21H21Cl3N2O2/c1-13(2)21(27)26(11-15-5-3-4-6-17(15)22)12-16-10-20(25-28-16)14-7-8-18(23)19(24)9-14/h3-9,13,16H,10-12H2,1-2H3/t16-/m0/s1. The molecule has 1 amide bonds. The van der Waals surface area contributed by atoms with Gasteiger partial charge in [-0.1, -0.05) is 78.1 Å². The normalized spacial score (nSPS) is 16.1. The molecule has 0 spiro atoms. The van der Waals surface area contributed by atoms with Gasteiger partial charge < -0.3 is 9.74 Å². The van der Waals surface area contributed by atoms with Gasteiger partial charge in [0.2, 0.25) is 5.91 Å². The van der Waals surface area contributed by atoms with E-state index in [1.54, 1.807) is 17.0 Å². The topological polar surface area (TPSA) is 41.9 Å². The predicted molar refractivity (Wildman–Crippen MR) is 114 cm³/mol. The first-order valence-electron chi connectivity index (χ1n) is 9.05. The highest BCUT2D eigenvalue weighted by molar-refractivity contribution is 6.42. The van der Waals surface area contributed by atoms with Crippen molar-refractivity contribution in [3.8, 4) is 0 Å². The molecule has 0 saturated heterocycles. The number of carbonyl (C=O) groups excluding carboxylic acids is 1. The molecule has 28 heavy (non-hydrogen) atoms. The molecule has 1 heterocycles. The summed E-state index contributed by atoms with van der Waals surface area (Å²) in [7, 11) is 0. The lowest BCUT2D eigenvalue weighted by Gasteiger charge is -2.27. The molecule has 7 heteroatoms. The Morgan fingerprint density at radius 1 is 1.14 bits per heavy atom. The largest absolute Gasteiger partial charge is 0.390 e. The first-order chi connectivity index (χ1) is 13.3. The Hall–Kier alpha value is -1.75. The Bertz CT molecular complexity index is 899. The number of hydrogen-bond donors (Lipinski definition) is 0. The number of hydrogen-bond acceptors (Lipinski definition) is 3. The monoisotopic (exact) mass is 438 g/mol. The van der Waals surface area contributed by atoms with Crippen LogP contribution in [0.1, 0.15) is 31.4 Å². The molecule has 0 aliphatic carbocycles. The van der Waals surface area contributed by atoms with Gasteiger partial charge in [0.25, 0.3) is 0 Å². The Kier molecular flexibility index (Phi) is 6.86. The Morgan fingerprint density at radius 3 is 2.57 bits per heavy atom. The van der Waals surface area contributed by atoms with Gasteiger partial charge in [-0.2, -0.15) is 0 Å². The van der Waals surface area contributed by atoms with Crippen LogP contribution in [0.5, 0.6) is 0 Å². The molecule has 4 nitrogen and oxygen atoms in total. The van der Waals surface area contributed by atoms with Crippen molar-refractivity contribution in [2.24, 2.45) is 11.1 Å². The van der Waals surface area contributed by atoms with Crippen molar-refractivity contribution in [1.82, 2.24) is 4.90 Å². The van der Waals surface area contributed by atoms with Crippen molar-refractivity contribution in [1.29, 1.82) is 0 Å². The van der Waals surface area contributed by atoms with Crippen LogP contribution in [0.2, 0.25) is 15.1 Å². The third-order valence-electron chi connectivity index (χ3n) is 4.53. The van der Waals surface area contributed by atoms with E-state index in [2.05, 4.69) is 5.16 Å². The minimum atomic E-state index is -0.227. The molecule has 0 aromatic heterocycles. The Balaban J connectivity index is 1.70. The van der Waals surface area contributed by atoms with Crippen LogP contribution in [0.3, 0.4) is 0 Å². The number of halogens is 3. The molecule has 2 aromatic rings. The SMILES string of the molecule is CC(C)C(=O)N(Cc1ccccc1Cl)C[C@@H]1CC(c2ccc(Cl)c(Cl)c2)=NO1. The molecule has 0 unspecified atom stereocenters. The molecule has 148 valence electrons. The van der Waals surface area contributed by atoms with Crippen molar-refractivity contribution in [2.75, 3.05) is 6.54 Å². The zero-order valence-electron chi connectivity index (χ0n) is 15.7. The molecule has 1 aliphatic rings. The minimum Gasteiger partial charge on any atom is -0.390 e. The van der Waals surface area contributed by atoms with Gasteiger partial charge in [0.1, 0.15) is 0 Å². The maximum Gasteiger partial charge on any atom is 0.225 e. The summed E-state index contributed by atoms with van der Waals surface area (Å²) in [5.41, 5.74) is 2.56. The highest BCUT2D eigenvalue weighted by atomic mass is 35.5. The summed E-state index contributed by atoms with van der Waals surface area (Å²) in [5, 5.41) is 5.80. The van der Waals surface area contributed by atoms with Gasteiger partial charge in [0.05, 0.1) is 22.3 Å². The van der Waals surface area contributed by atoms with E-state index < -0.39 is 0 Å². The lowest BCUT2D eigenvalue weighted by molar-refractivity contribution is -0.136. The van der Waals surface area contributed by atoms with Crippen molar-refractivity contribution in [3.05, 3.63) is 68.7 Å². The van der Waals surface area contributed by atoms with E-state index in [-0.39, 0.29) is 17.9 Å². The second kappa shape index (κ2) is 9.17. The second-order valence-electron chi connectivity index (χ2n) is 7.06. The van der Waals surface area contributed by atoms with Crippen molar-refractivity contribution >= 4 is 46.4 Å². The van der Waals surface area contributed by atoms with Crippen LogP contribution in [-0.4, -0.2) is 29.2 Å². The van der Waals surface area contributed by atoms with Crippen molar-refractivity contribution < 1.29 is 9.63 Å². The highest BCUT2D eigenvalue weighted by Crippen LogP contribution is 2.26. The average molecular weight is 440 g/mol. The fourth-order valence-corrected chi connectivity index (χ4v) is 3.54. The van der Waals surface area contributed by atoms with Crippen LogP contribution in [0.4, 0.5) is 0 Å². The molecule has 0 radical (unpaired) electrons. The number of oxime groups is 1. The molecule has 1 aliphatic heterocycles. The summed E-state index contributed by atoms with van der Waals surface area (Å²) in [5.74, 6) is -0.0779. The van der Waals surface area contributed by atoms with Crippen LogP contribution in [0.25, 0.3) is 0 Å². The van der Waals surface area contributed by atoms with E-state index in [1.165, 1.54) is 0 Å². The Morgan fingerprint density at radius 2 is 1.89 bits per heavy atom. The second-order valence-corrected chi connectivity index (χ2v) is 8.28. The zero-order chi connectivity index (χ0) is 20.3. The molecule has 0 N–H and O–H groups in total. The summed E-state index contributed by atoms with van der Waals surface area (Å²) in [6.45, 7) is 4.62. The lowest BCUT2D eigenvalue weighted by Crippen LogP contribution is -2.39. The molecule has 0 saturated carbocycles. The number of rotatable bonds is 6. The van der Waals surface area contributed by atoms with Gasteiger partial charge in [-0.05, 0) is 23.8 Å². The van der Waals surface area contributed by atoms with E-state index in [1.807, 2.05) is 44.2 Å². The van der Waals surface area contributed by atoms with Gasteiger partial charge in [0, 0.05) is 29.5 Å². The summed E-state index contributed by atoms with van der Waals surface area (Å²) in [6, 6.07) is 12.9. The van der Waals surface area contributed by atoms with Gasteiger partial charge in [0.15, 0.2) is 6.10 Å². The van der Waals surface area contributed by atoms with E-state index in [4.69, 9.17) is 39.6 Å². The third-order valence-corrected chi connectivity index (χ3v) is 5.64. The molecule has 1 atom stereocenters. The van der Waals surface area contributed by atoms with Crippen LogP contribution in [-0.2, 0) is 16.2 Å². The smallest absolute Gasteiger partial charge is 0.225 e. The van der Waals surface area contributed by atoms with Gasteiger partial charge in [-0.25, -0.2) is 0 Å². The van der Waals surface area contributed by atoms with Gasteiger partial charge in [-0.3, -0.25) is 4.79 Å². The fraction of sp³-hybridized carbons (Fsp3) is 0.333. The molecule has 2 aromatic carbocycles. The zero-order valence-corrected chi connectivity index (χ0v) is 17.9. The average Bonchev–Trinajstić information content (AvgIpc) is 3.13. The highest BCUT2D eigenvalue weighted by Gasteiger charge is 2.28. The van der Waals surface area contributed by atoms with E-state index in [0.29, 0.717) is 34.6 Å². The number of carbonyl (C=O) groups is 1. The maximum atomic E-state index is 12.7. The maximum absolute atomic E-state index is 12.7. The Labute approximate surface area is 180 Å². The number of benzene rings is 2. The van der Waals surface area contributed by atoms with E-state index in [0.717, 1.165) is 16.8 Å². The van der Waals surface area contributed by atoms with Gasteiger partial charge in [-0.15, -0.1) is 0 Å². The quantitative estimate of drug-likeness (QED) is 0.568. The summed E-state index contributed by atoms with van der Waals surface area (Å²) >= 11 is 18.4. The number of nitrogens with zero attached hydrogens (tertiary/aromatic N) is 2. The third kappa shape index (κ3) is 4.99. The molecular weight excluding hydrogens is 419 g/mol. The molecule has 3 rings (SSSR count). The first-order valence-corrected chi connectivity index (χ1v) is 10.2.